The number of carboxylic acids is 1. The Labute approximate surface area is 297 Å². The molecule has 2 aliphatic heterocycles. The molecule has 51 heavy (non-hydrogen) atoms. The van der Waals surface area contributed by atoms with E-state index in [0.29, 0.717) is 30.0 Å². The quantitative estimate of drug-likeness (QED) is 0.130. The third kappa shape index (κ3) is 11.6. The van der Waals surface area contributed by atoms with Gasteiger partial charge in [0.15, 0.2) is 12.4 Å². The largest absolute Gasteiger partial charge is 0.497 e. The number of carbonyl (C=O) groups is 2. The summed E-state index contributed by atoms with van der Waals surface area (Å²) in [5, 5.41) is 26.3. The molecule has 2 fully saturated rings. The molecule has 0 bridgehead atoms. The number of aliphatic carboxylic acids is 1. The van der Waals surface area contributed by atoms with E-state index in [1.165, 1.54) is 30.5 Å². The van der Waals surface area contributed by atoms with Crippen LogP contribution >= 0.6 is 7.60 Å². The van der Waals surface area contributed by atoms with Crippen LogP contribution in [0.1, 0.15) is 32.8 Å². The van der Waals surface area contributed by atoms with Crippen LogP contribution in [-0.2, 0) is 44.5 Å². The van der Waals surface area contributed by atoms with Gasteiger partial charge in [-0.05, 0) is 67.6 Å². The maximum absolute atomic E-state index is 13.8. The summed E-state index contributed by atoms with van der Waals surface area (Å²) >= 11 is 0. The lowest BCUT2D eigenvalue weighted by atomic mass is 10.0. The number of anilines is 1. The second-order valence-electron chi connectivity index (χ2n) is 13.0. The predicted molar refractivity (Wildman–Crippen MR) is 185 cm³/mol. The van der Waals surface area contributed by atoms with Crippen molar-refractivity contribution in [2.24, 2.45) is 11.8 Å². The van der Waals surface area contributed by atoms with Crippen molar-refractivity contribution in [2.45, 2.75) is 69.2 Å². The van der Waals surface area contributed by atoms with Crippen molar-refractivity contribution in [2.75, 3.05) is 51.4 Å². The maximum Gasteiger partial charge on any atom is 0.407 e. The van der Waals surface area contributed by atoms with Crippen molar-refractivity contribution in [1.82, 2.24) is 9.62 Å². The standard InChI is InChI=1S/C33H48N3O13PS/c1-21(2)18-36(51(43,44)26-11-9-25(45-4)10-12-26)19-29(37)28(35-33(40)48-30-20-47-32-27(30)13-15-46-32)17-23-5-7-24(8-6-23)34-14-16-50(41,42)49-22(3)31(38)39/h5-12,21-22,27-30,32,34,37H,13-20H2,1-4H3,(H,35,40)(H,38,39)(H,41,42)/t22-,27-,28-,29+,30-,32+/m0/s1. The highest BCUT2D eigenvalue weighted by Gasteiger charge is 2.44. The normalized spacial score (nSPS) is 21.8. The number of benzene rings is 2. The Morgan fingerprint density at radius 2 is 1.75 bits per heavy atom. The monoisotopic (exact) mass is 757 g/mol. The number of sulfonamides is 1. The summed E-state index contributed by atoms with van der Waals surface area (Å²) in [5.74, 6) is -1.06. The first-order valence-electron chi connectivity index (χ1n) is 16.7. The molecule has 284 valence electrons. The number of nitrogens with one attached hydrogen (secondary N) is 2. The summed E-state index contributed by atoms with van der Waals surface area (Å²) < 4.78 is 67.7. The Balaban J connectivity index is 1.47. The van der Waals surface area contributed by atoms with Gasteiger partial charge in [0.05, 0.1) is 49.4 Å². The van der Waals surface area contributed by atoms with E-state index in [-0.39, 0.29) is 55.6 Å². The summed E-state index contributed by atoms with van der Waals surface area (Å²) in [4.78, 5) is 34.2. The van der Waals surface area contributed by atoms with Gasteiger partial charge in [-0.3, -0.25) is 9.09 Å². The van der Waals surface area contributed by atoms with Crippen LogP contribution in [-0.4, -0.2) is 117 Å². The van der Waals surface area contributed by atoms with Gasteiger partial charge in [-0.25, -0.2) is 18.0 Å². The minimum atomic E-state index is -4.16. The zero-order chi connectivity index (χ0) is 37.3. The van der Waals surface area contributed by atoms with Crippen molar-refractivity contribution in [1.29, 1.82) is 0 Å². The van der Waals surface area contributed by atoms with Crippen molar-refractivity contribution in [3.63, 3.8) is 0 Å². The molecule has 2 aliphatic rings. The molecule has 2 aromatic rings. The molecule has 4 rings (SSSR count). The second kappa shape index (κ2) is 18.0. The number of hydrogen-bond acceptors (Lipinski definition) is 12. The summed E-state index contributed by atoms with van der Waals surface area (Å²) in [5.41, 5.74) is 1.26. The van der Waals surface area contributed by atoms with Gasteiger partial charge in [-0.2, -0.15) is 4.31 Å². The number of ether oxygens (including phenoxy) is 4. The molecule has 2 saturated heterocycles. The van der Waals surface area contributed by atoms with Crippen LogP contribution in [0.5, 0.6) is 5.75 Å². The van der Waals surface area contributed by atoms with Gasteiger partial charge in [0.25, 0.3) is 0 Å². The van der Waals surface area contributed by atoms with Crippen molar-refractivity contribution < 1.29 is 61.1 Å². The molecule has 2 aromatic carbocycles. The maximum atomic E-state index is 13.8. The molecule has 1 amide bonds. The Kier molecular flexibility index (Phi) is 14.3. The molecule has 1 unspecified atom stereocenters. The number of aliphatic hydroxyl groups is 1. The van der Waals surface area contributed by atoms with E-state index in [1.807, 2.05) is 13.8 Å². The summed E-state index contributed by atoms with van der Waals surface area (Å²) in [7, 11) is -6.74. The van der Waals surface area contributed by atoms with Crippen LogP contribution in [0.25, 0.3) is 0 Å². The van der Waals surface area contributed by atoms with Gasteiger partial charge in [-0.1, -0.05) is 26.0 Å². The summed E-state index contributed by atoms with van der Waals surface area (Å²) in [6, 6.07) is 11.8. The van der Waals surface area contributed by atoms with Crippen molar-refractivity contribution in [3.05, 3.63) is 54.1 Å². The number of aliphatic hydroxyl groups excluding tert-OH is 1. The molecular weight excluding hydrogens is 709 g/mol. The minimum absolute atomic E-state index is 0.0142. The van der Waals surface area contributed by atoms with E-state index < -0.39 is 60.3 Å². The van der Waals surface area contributed by atoms with Crippen LogP contribution in [0.4, 0.5) is 10.5 Å². The van der Waals surface area contributed by atoms with Crippen LogP contribution in [0.15, 0.2) is 53.4 Å². The van der Waals surface area contributed by atoms with E-state index in [0.717, 1.165) is 0 Å². The van der Waals surface area contributed by atoms with Crippen molar-refractivity contribution in [3.8, 4) is 5.75 Å². The average Bonchev–Trinajstić information content (AvgIpc) is 3.69. The minimum Gasteiger partial charge on any atom is -0.497 e. The molecule has 5 N–H and O–H groups in total. The second-order valence-corrected chi connectivity index (χ2v) is 16.8. The molecule has 0 spiro atoms. The molecule has 0 radical (unpaired) electrons. The average molecular weight is 758 g/mol. The van der Waals surface area contributed by atoms with E-state index in [9.17, 15) is 32.6 Å². The molecule has 2 heterocycles. The van der Waals surface area contributed by atoms with Gasteiger partial charge in [0, 0.05) is 25.3 Å². The fourth-order valence-corrected chi connectivity index (χ4v) is 8.47. The van der Waals surface area contributed by atoms with Crippen LogP contribution in [0, 0.1) is 11.8 Å². The highest BCUT2D eigenvalue weighted by atomic mass is 32.2. The first kappa shape index (κ1) is 40.5. The van der Waals surface area contributed by atoms with E-state index in [4.69, 9.17) is 28.6 Å². The molecule has 0 aliphatic carbocycles. The zero-order valence-corrected chi connectivity index (χ0v) is 30.8. The molecule has 16 nitrogen and oxygen atoms in total. The molecular formula is C33H48N3O13PS. The number of hydrogen-bond donors (Lipinski definition) is 5. The smallest absolute Gasteiger partial charge is 0.407 e. The SMILES string of the molecule is COc1ccc(S(=O)(=O)N(CC(C)C)C[C@@H](O)[C@H](Cc2ccc(NCCP(=O)(O)O[C@@H](C)C(=O)O)cc2)NC(=O)O[C@H]2CO[C@H]3OCC[C@H]32)cc1. The molecule has 18 heteroatoms. The molecule has 0 saturated carbocycles. The first-order valence-corrected chi connectivity index (χ1v) is 19.9. The van der Waals surface area contributed by atoms with E-state index >= 15 is 0 Å². The van der Waals surface area contributed by atoms with Crippen LogP contribution in [0.3, 0.4) is 0 Å². The highest BCUT2D eigenvalue weighted by Crippen LogP contribution is 2.42. The molecule has 7 atom stereocenters. The number of carbonyl (C=O) groups excluding carboxylic acids is 1. The fraction of sp³-hybridized carbons (Fsp3) is 0.576. The number of alkyl carbamates (subject to hydrolysis) is 1. The van der Waals surface area contributed by atoms with E-state index in [2.05, 4.69) is 10.6 Å². The molecule has 0 aromatic heterocycles. The van der Waals surface area contributed by atoms with Gasteiger partial charge in [0.2, 0.25) is 10.0 Å². The lowest BCUT2D eigenvalue weighted by molar-refractivity contribution is -0.144. The van der Waals surface area contributed by atoms with E-state index in [1.54, 1.807) is 36.4 Å². The van der Waals surface area contributed by atoms with Gasteiger partial charge >= 0.3 is 19.7 Å². The number of fused-ring (bicyclic) bond motifs is 1. The number of methoxy groups -OCH3 is 1. The Bertz CT molecular complexity index is 1610. The van der Waals surface area contributed by atoms with Gasteiger partial charge in [-0.15, -0.1) is 0 Å². The number of rotatable bonds is 19. The van der Waals surface area contributed by atoms with Crippen molar-refractivity contribution >= 4 is 35.4 Å². The Hall–Kier alpha value is -3.28. The van der Waals surface area contributed by atoms with Crippen LogP contribution < -0.4 is 15.4 Å². The highest BCUT2D eigenvalue weighted by molar-refractivity contribution is 7.89. The topological polar surface area (TPSA) is 219 Å². The lowest BCUT2D eigenvalue weighted by Gasteiger charge is -2.31. The van der Waals surface area contributed by atoms with Gasteiger partial charge in [0.1, 0.15) is 11.9 Å². The van der Waals surface area contributed by atoms with Crippen LogP contribution in [0.2, 0.25) is 0 Å². The van der Waals surface area contributed by atoms with Gasteiger partial charge < -0.3 is 44.7 Å². The first-order chi connectivity index (χ1) is 24.1. The number of amides is 1. The third-order valence-corrected chi connectivity index (χ3v) is 11.8. The summed E-state index contributed by atoms with van der Waals surface area (Å²) in [6.07, 6.45) is -4.14. The Morgan fingerprint density at radius 3 is 2.37 bits per heavy atom. The zero-order valence-electron chi connectivity index (χ0n) is 29.0. The summed E-state index contributed by atoms with van der Waals surface area (Å²) in [6.45, 7) is 5.34. The third-order valence-electron chi connectivity index (χ3n) is 8.47. The fourth-order valence-electron chi connectivity index (χ4n) is 5.76. The number of carboxylic acid groups (broad SMARTS) is 1. The Morgan fingerprint density at radius 1 is 1.06 bits per heavy atom. The predicted octanol–water partition coefficient (Wildman–Crippen LogP) is 2.89. The number of nitrogens with zero attached hydrogens (tertiary/aromatic N) is 1. The lowest BCUT2D eigenvalue weighted by Crippen LogP contribution is -2.51.